The zero-order valence-electron chi connectivity index (χ0n) is 9.77. The number of nitrogens with two attached hydrogens (primary N) is 1. The van der Waals surface area contributed by atoms with Gasteiger partial charge in [0.25, 0.3) is 0 Å². The summed E-state index contributed by atoms with van der Waals surface area (Å²) < 4.78 is 20.1. The summed E-state index contributed by atoms with van der Waals surface area (Å²) in [6.45, 7) is 2.28. The molecular formula is C12H14FN3O. The van der Waals surface area contributed by atoms with Crippen LogP contribution in [0.25, 0.3) is 0 Å². The van der Waals surface area contributed by atoms with E-state index in [9.17, 15) is 4.39 Å². The van der Waals surface area contributed by atoms with Gasteiger partial charge in [0.05, 0.1) is 11.4 Å². The monoisotopic (exact) mass is 235 g/mol. The van der Waals surface area contributed by atoms with E-state index in [0.29, 0.717) is 18.0 Å². The molecule has 0 atom stereocenters. The van der Waals surface area contributed by atoms with Crippen molar-refractivity contribution in [2.75, 3.05) is 5.73 Å². The van der Waals surface area contributed by atoms with E-state index in [-0.39, 0.29) is 5.82 Å². The molecule has 0 fully saturated rings. The molecule has 0 aliphatic carbocycles. The number of halogens is 1. The van der Waals surface area contributed by atoms with E-state index in [0.717, 1.165) is 11.3 Å². The van der Waals surface area contributed by atoms with Crippen LogP contribution in [0.1, 0.15) is 11.3 Å². The first kappa shape index (κ1) is 11.4. The Morgan fingerprint density at radius 3 is 2.82 bits per heavy atom. The van der Waals surface area contributed by atoms with Crippen molar-refractivity contribution in [2.45, 2.75) is 13.5 Å². The second-order valence-corrected chi connectivity index (χ2v) is 3.88. The Kier molecular flexibility index (Phi) is 2.99. The maximum atomic E-state index is 12.8. The van der Waals surface area contributed by atoms with Crippen molar-refractivity contribution in [1.29, 1.82) is 0 Å². The molecule has 2 rings (SSSR count). The van der Waals surface area contributed by atoms with E-state index >= 15 is 0 Å². The average Bonchev–Trinajstić information content (AvgIpc) is 2.56. The van der Waals surface area contributed by atoms with Gasteiger partial charge in [-0.05, 0) is 19.1 Å². The zero-order valence-corrected chi connectivity index (χ0v) is 9.77. The minimum Gasteiger partial charge on any atom is -0.487 e. The molecule has 1 heterocycles. The minimum absolute atomic E-state index is 0.298. The quantitative estimate of drug-likeness (QED) is 0.828. The van der Waals surface area contributed by atoms with Gasteiger partial charge in [-0.3, -0.25) is 4.68 Å². The fraction of sp³-hybridized carbons (Fsp3) is 0.250. The average molecular weight is 235 g/mol. The Hall–Kier alpha value is -2.04. The van der Waals surface area contributed by atoms with Crippen molar-refractivity contribution in [3.63, 3.8) is 0 Å². The van der Waals surface area contributed by atoms with Crippen LogP contribution in [-0.2, 0) is 13.7 Å². The normalized spacial score (nSPS) is 10.5. The number of hydrogen-bond acceptors (Lipinski definition) is 3. The van der Waals surface area contributed by atoms with Crippen LogP contribution in [0, 0.1) is 12.7 Å². The molecule has 2 N–H and O–H groups in total. The summed E-state index contributed by atoms with van der Waals surface area (Å²) in [6, 6.07) is 4.09. The predicted molar refractivity (Wildman–Crippen MR) is 63.1 cm³/mol. The van der Waals surface area contributed by atoms with Crippen molar-refractivity contribution < 1.29 is 9.13 Å². The van der Waals surface area contributed by atoms with Gasteiger partial charge in [0.15, 0.2) is 0 Å². The lowest BCUT2D eigenvalue weighted by Crippen LogP contribution is -1.99. The van der Waals surface area contributed by atoms with E-state index < -0.39 is 0 Å². The van der Waals surface area contributed by atoms with Crippen LogP contribution in [0.4, 0.5) is 10.1 Å². The summed E-state index contributed by atoms with van der Waals surface area (Å²) in [5.74, 6) is 0.113. The summed E-state index contributed by atoms with van der Waals surface area (Å²) in [7, 11) is 1.85. The van der Waals surface area contributed by atoms with Gasteiger partial charge in [0.1, 0.15) is 18.2 Å². The molecule has 1 aromatic heterocycles. The number of anilines is 1. The van der Waals surface area contributed by atoms with E-state index in [2.05, 4.69) is 5.10 Å². The molecule has 1 aromatic carbocycles. The molecule has 4 nitrogen and oxygen atoms in total. The molecule has 0 spiro atoms. The molecule has 90 valence electrons. The van der Waals surface area contributed by atoms with Gasteiger partial charge in [-0.15, -0.1) is 0 Å². The van der Waals surface area contributed by atoms with Crippen molar-refractivity contribution >= 4 is 5.69 Å². The van der Waals surface area contributed by atoms with Crippen LogP contribution < -0.4 is 10.5 Å². The first-order valence-corrected chi connectivity index (χ1v) is 5.23. The lowest BCUT2D eigenvalue weighted by atomic mass is 10.2. The molecule has 0 saturated carbocycles. The van der Waals surface area contributed by atoms with Gasteiger partial charge in [0.2, 0.25) is 0 Å². The van der Waals surface area contributed by atoms with Crippen LogP contribution >= 0.6 is 0 Å². The molecule has 17 heavy (non-hydrogen) atoms. The maximum absolute atomic E-state index is 12.8. The van der Waals surface area contributed by atoms with Gasteiger partial charge in [0, 0.05) is 24.9 Å². The van der Waals surface area contributed by atoms with Crippen LogP contribution in [0.5, 0.6) is 5.75 Å². The van der Waals surface area contributed by atoms with Crippen LogP contribution in [-0.4, -0.2) is 9.78 Å². The number of benzene rings is 1. The lowest BCUT2D eigenvalue weighted by molar-refractivity contribution is 0.306. The Labute approximate surface area is 98.8 Å². The summed E-state index contributed by atoms with van der Waals surface area (Å²) in [5, 5.41) is 4.21. The Bertz CT molecular complexity index is 537. The molecule has 0 unspecified atom stereocenters. The molecule has 0 amide bonds. The molecule has 0 aliphatic heterocycles. The Morgan fingerprint density at radius 1 is 1.47 bits per heavy atom. The van der Waals surface area contributed by atoms with Gasteiger partial charge in [-0.2, -0.15) is 5.10 Å². The number of nitrogen functional groups attached to an aromatic ring is 1. The fourth-order valence-corrected chi connectivity index (χ4v) is 1.60. The zero-order chi connectivity index (χ0) is 12.4. The molecule has 0 aliphatic rings. The van der Waals surface area contributed by atoms with Crippen LogP contribution in [0.15, 0.2) is 24.4 Å². The van der Waals surface area contributed by atoms with E-state index in [1.54, 1.807) is 4.68 Å². The number of aromatic nitrogens is 2. The summed E-state index contributed by atoms with van der Waals surface area (Å²) in [5.41, 5.74) is 7.83. The molecule has 2 aromatic rings. The topological polar surface area (TPSA) is 53.1 Å². The smallest absolute Gasteiger partial charge is 0.142 e. The third-order valence-electron chi connectivity index (χ3n) is 2.47. The lowest BCUT2D eigenvalue weighted by Gasteiger charge is -2.07. The number of nitrogens with zero attached hydrogens (tertiary/aromatic N) is 2. The maximum Gasteiger partial charge on any atom is 0.142 e. The van der Waals surface area contributed by atoms with Crippen molar-refractivity contribution in [3.8, 4) is 5.75 Å². The summed E-state index contributed by atoms with van der Waals surface area (Å²) >= 11 is 0. The van der Waals surface area contributed by atoms with Crippen molar-refractivity contribution in [1.82, 2.24) is 9.78 Å². The van der Waals surface area contributed by atoms with E-state index in [1.165, 1.54) is 18.2 Å². The summed E-state index contributed by atoms with van der Waals surface area (Å²) in [6.07, 6.45) is 1.88. The van der Waals surface area contributed by atoms with Crippen LogP contribution in [0.3, 0.4) is 0 Å². The van der Waals surface area contributed by atoms with E-state index in [1.807, 2.05) is 20.2 Å². The summed E-state index contributed by atoms with van der Waals surface area (Å²) in [4.78, 5) is 0. The number of aryl methyl sites for hydroxylation is 2. The van der Waals surface area contributed by atoms with Gasteiger partial charge >= 0.3 is 0 Å². The molecule has 0 saturated heterocycles. The number of rotatable bonds is 3. The second-order valence-electron chi connectivity index (χ2n) is 3.88. The Morgan fingerprint density at radius 2 is 2.24 bits per heavy atom. The molecular weight excluding hydrogens is 221 g/mol. The highest BCUT2D eigenvalue weighted by molar-refractivity contribution is 5.52. The highest BCUT2D eigenvalue weighted by Gasteiger charge is 2.06. The van der Waals surface area contributed by atoms with Crippen molar-refractivity contribution in [2.24, 2.45) is 7.05 Å². The second kappa shape index (κ2) is 4.45. The highest BCUT2D eigenvalue weighted by atomic mass is 19.1. The number of hydrogen-bond donors (Lipinski definition) is 1. The number of ether oxygens (including phenoxy) is 1. The largest absolute Gasteiger partial charge is 0.487 e. The standard InChI is InChI=1S/C12H14FN3O/c1-8-9(6-16(2)15-8)7-17-12-4-3-10(13)5-11(12)14/h3-6H,7,14H2,1-2H3. The highest BCUT2D eigenvalue weighted by Crippen LogP contribution is 2.23. The SMILES string of the molecule is Cc1nn(C)cc1COc1ccc(F)cc1N. The molecule has 0 bridgehead atoms. The van der Waals surface area contributed by atoms with Gasteiger partial charge in [-0.25, -0.2) is 4.39 Å². The Balaban J connectivity index is 2.10. The van der Waals surface area contributed by atoms with E-state index in [4.69, 9.17) is 10.5 Å². The minimum atomic E-state index is -0.368. The van der Waals surface area contributed by atoms with Gasteiger partial charge in [-0.1, -0.05) is 0 Å². The fourth-order valence-electron chi connectivity index (χ4n) is 1.60. The first-order valence-electron chi connectivity index (χ1n) is 5.23. The predicted octanol–water partition coefficient (Wildman–Crippen LogP) is 2.03. The molecule has 5 heteroatoms. The van der Waals surface area contributed by atoms with Crippen LogP contribution in [0.2, 0.25) is 0 Å². The third kappa shape index (κ3) is 2.55. The molecule has 0 radical (unpaired) electrons. The van der Waals surface area contributed by atoms with Crippen molar-refractivity contribution in [3.05, 3.63) is 41.5 Å². The van der Waals surface area contributed by atoms with Gasteiger partial charge < -0.3 is 10.5 Å². The first-order chi connectivity index (χ1) is 8.06. The third-order valence-corrected chi connectivity index (χ3v) is 2.47.